The Balaban J connectivity index is 2.80. The molecule has 0 saturated carbocycles. The quantitative estimate of drug-likeness (QED) is 0.772. The molecule has 1 N–H and O–H groups in total. The van der Waals surface area contributed by atoms with Gasteiger partial charge in [-0.25, -0.2) is 0 Å². The molecule has 1 aliphatic rings. The van der Waals surface area contributed by atoms with Crippen molar-refractivity contribution in [2.24, 2.45) is 0 Å². The summed E-state index contributed by atoms with van der Waals surface area (Å²) in [5.74, 6) is -0.744. The second-order valence-electron chi connectivity index (χ2n) is 4.59. The van der Waals surface area contributed by atoms with Crippen LogP contribution in [0.4, 0.5) is 0 Å². The molecule has 0 aliphatic carbocycles. The molecule has 0 amide bonds. The molecule has 1 aliphatic heterocycles. The maximum absolute atomic E-state index is 11.3. The first-order valence-corrected chi connectivity index (χ1v) is 5.54. The summed E-state index contributed by atoms with van der Waals surface area (Å²) in [5, 5.41) is 9.27. The molecule has 3 atom stereocenters. The molecule has 1 rings (SSSR count). The molecule has 0 unspecified atom stereocenters. The molecule has 0 radical (unpaired) electrons. The Bertz CT molecular complexity index is 234. The van der Waals surface area contributed by atoms with E-state index in [1.54, 1.807) is 6.92 Å². The van der Waals surface area contributed by atoms with E-state index in [0.29, 0.717) is 19.5 Å². The topological polar surface area (TPSA) is 49.8 Å². The van der Waals surface area contributed by atoms with Crippen LogP contribution >= 0.6 is 0 Å². The van der Waals surface area contributed by atoms with Crippen molar-refractivity contribution >= 4 is 5.97 Å². The lowest BCUT2D eigenvalue weighted by atomic mass is 9.95. The van der Waals surface area contributed by atoms with E-state index in [-0.39, 0.29) is 12.2 Å². The Morgan fingerprint density at radius 1 is 1.47 bits per heavy atom. The largest absolute Gasteiger partial charge is 0.480 e. The first-order valence-electron chi connectivity index (χ1n) is 5.54. The van der Waals surface area contributed by atoms with E-state index < -0.39 is 11.5 Å². The number of hydrogen-bond donors (Lipinski definition) is 1. The maximum atomic E-state index is 11.3. The van der Waals surface area contributed by atoms with Crippen LogP contribution < -0.4 is 0 Å². The summed E-state index contributed by atoms with van der Waals surface area (Å²) in [4.78, 5) is 13.3. The van der Waals surface area contributed by atoms with Gasteiger partial charge in [0.15, 0.2) is 0 Å². The molecule has 88 valence electrons. The maximum Gasteiger partial charge on any atom is 0.323 e. The highest BCUT2D eigenvalue weighted by Gasteiger charge is 2.41. The summed E-state index contributed by atoms with van der Waals surface area (Å²) >= 11 is 0. The monoisotopic (exact) mass is 215 g/mol. The van der Waals surface area contributed by atoms with Crippen LogP contribution in [0, 0.1) is 0 Å². The van der Waals surface area contributed by atoms with Gasteiger partial charge in [0.25, 0.3) is 0 Å². The summed E-state index contributed by atoms with van der Waals surface area (Å²) in [6, 6.07) is 0. The van der Waals surface area contributed by atoms with Gasteiger partial charge in [-0.1, -0.05) is 6.92 Å². The highest BCUT2D eigenvalue weighted by Crippen LogP contribution is 2.24. The second kappa shape index (κ2) is 4.49. The van der Waals surface area contributed by atoms with Crippen LogP contribution in [-0.4, -0.2) is 46.8 Å². The second-order valence-corrected chi connectivity index (χ2v) is 4.59. The first kappa shape index (κ1) is 12.5. The lowest BCUT2D eigenvalue weighted by Crippen LogP contribution is -2.59. The Kier molecular flexibility index (Phi) is 3.73. The van der Waals surface area contributed by atoms with Crippen molar-refractivity contribution in [3.05, 3.63) is 0 Å². The highest BCUT2D eigenvalue weighted by molar-refractivity contribution is 5.78. The van der Waals surface area contributed by atoms with Gasteiger partial charge in [-0.2, -0.15) is 0 Å². The van der Waals surface area contributed by atoms with Crippen LogP contribution in [0.15, 0.2) is 0 Å². The number of carbonyl (C=O) groups is 1. The molecule has 0 aromatic rings. The lowest BCUT2D eigenvalue weighted by Gasteiger charge is -2.44. The Morgan fingerprint density at radius 2 is 1.93 bits per heavy atom. The predicted octanol–water partition coefficient (Wildman–Crippen LogP) is 1.35. The van der Waals surface area contributed by atoms with E-state index in [9.17, 15) is 9.90 Å². The molecule has 4 nitrogen and oxygen atoms in total. The van der Waals surface area contributed by atoms with Crippen molar-refractivity contribution in [1.29, 1.82) is 0 Å². The average Bonchev–Trinajstić information content (AvgIpc) is 2.14. The fourth-order valence-electron chi connectivity index (χ4n) is 2.09. The molecule has 1 heterocycles. The van der Waals surface area contributed by atoms with Crippen molar-refractivity contribution in [2.45, 2.75) is 51.9 Å². The molecule has 1 fully saturated rings. The molecule has 0 spiro atoms. The molecule has 0 bridgehead atoms. The van der Waals surface area contributed by atoms with Gasteiger partial charge in [0.05, 0.1) is 12.2 Å². The number of carboxylic acid groups (broad SMARTS) is 1. The Hall–Kier alpha value is -0.610. The van der Waals surface area contributed by atoms with Crippen LogP contribution in [0.25, 0.3) is 0 Å². The van der Waals surface area contributed by atoms with Crippen LogP contribution in [-0.2, 0) is 9.53 Å². The lowest BCUT2D eigenvalue weighted by molar-refractivity contribution is -0.160. The van der Waals surface area contributed by atoms with Crippen molar-refractivity contribution in [3.63, 3.8) is 0 Å². The van der Waals surface area contributed by atoms with Crippen molar-refractivity contribution in [2.75, 3.05) is 13.1 Å². The van der Waals surface area contributed by atoms with E-state index >= 15 is 0 Å². The normalized spacial score (nSPS) is 32.3. The number of rotatable bonds is 3. The summed E-state index contributed by atoms with van der Waals surface area (Å²) in [6.07, 6.45) is 0.833. The third kappa shape index (κ3) is 2.49. The van der Waals surface area contributed by atoms with Gasteiger partial charge in [-0.3, -0.25) is 9.69 Å². The third-order valence-corrected chi connectivity index (χ3v) is 3.27. The summed E-state index contributed by atoms with van der Waals surface area (Å²) in [5.41, 5.74) is -0.758. The zero-order chi connectivity index (χ0) is 11.6. The summed E-state index contributed by atoms with van der Waals surface area (Å²) < 4.78 is 5.60. The van der Waals surface area contributed by atoms with Gasteiger partial charge in [0.2, 0.25) is 0 Å². The SMILES string of the molecule is CC[C@@](C)(C(=O)O)N1C[C@@H](C)O[C@@H](C)C1. The summed E-state index contributed by atoms with van der Waals surface area (Å²) in [6.45, 7) is 9.07. The average molecular weight is 215 g/mol. The van der Waals surface area contributed by atoms with Gasteiger partial charge < -0.3 is 9.84 Å². The molecule has 4 heteroatoms. The van der Waals surface area contributed by atoms with Crippen LogP contribution in [0.2, 0.25) is 0 Å². The minimum absolute atomic E-state index is 0.110. The van der Waals surface area contributed by atoms with Crippen LogP contribution in [0.1, 0.15) is 34.1 Å². The third-order valence-electron chi connectivity index (χ3n) is 3.27. The van der Waals surface area contributed by atoms with Gasteiger partial charge in [-0.05, 0) is 27.2 Å². The predicted molar refractivity (Wildman–Crippen MR) is 57.9 cm³/mol. The Morgan fingerprint density at radius 3 is 2.27 bits per heavy atom. The van der Waals surface area contributed by atoms with Crippen molar-refractivity contribution in [3.8, 4) is 0 Å². The van der Waals surface area contributed by atoms with Gasteiger partial charge >= 0.3 is 5.97 Å². The summed E-state index contributed by atoms with van der Waals surface area (Å²) in [7, 11) is 0. The molecule has 0 aromatic heterocycles. The number of ether oxygens (including phenoxy) is 1. The molecular formula is C11H21NO3. The number of carboxylic acids is 1. The van der Waals surface area contributed by atoms with E-state index in [4.69, 9.17) is 4.74 Å². The highest BCUT2D eigenvalue weighted by atomic mass is 16.5. The van der Waals surface area contributed by atoms with E-state index in [0.717, 1.165) is 0 Å². The number of morpholine rings is 1. The van der Waals surface area contributed by atoms with Gasteiger partial charge in [0, 0.05) is 13.1 Å². The zero-order valence-corrected chi connectivity index (χ0v) is 9.99. The van der Waals surface area contributed by atoms with Crippen LogP contribution in [0.5, 0.6) is 0 Å². The molecule has 1 saturated heterocycles. The van der Waals surface area contributed by atoms with Gasteiger partial charge in [-0.15, -0.1) is 0 Å². The molecule has 15 heavy (non-hydrogen) atoms. The van der Waals surface area contributed by atoms with Crippen molar-refractivity contribution in [1.82, 2.24) is 4.90 Å². The molecular weight excluding hydrogens is 194 g/mol. The smallest absolute Gasteiger partial charge is 0.323 e. The number of hydrogen-bond acceptors (Lipinski definition) is 3. The fraction of sp³-hybridized carbons (Fsp3) is 0.909. The Labute approximate surface area is 91.2 Å². The van der Waals surface area contributed by atoms with E-state index in [1.165, 1.54) is 0 Å². The minimum atomic E-state index is -0.758. The van der Waals surface area contributed by atoms with E-state index in [2.05, 4.69) is 0 Å². The number of nitrogens with zero attached hydrogens (tertiary/aromatic N) is 1. The fourth-order valence-corrected chi connectivity index (χ4v) is 2.09. The van der Waals surface area contributed by atoms with E-state index in [1.807, 2.05) is 25.7 Å². The van der Waals surface area contributed by atoms with Crippen molar-refractivity contribution < 1.29 is 14.6 Å². The van der Waals surface area contributed by atoms with Gasteiger partial charge in [0.1, 0.15) is 5.54 Å². The zero-order valence-electron chi connectivity index (χ0n) is 9.99. The minimum Gasteiger partial charge on any atom is -0.480 e. The standard InChI is InChI=1S/C11H21NO3/c1-5-11(4,10(13)14)12-6-8(2)15-9(3)7-12/h8-9H,5-7H2,1-4H3,(H,13,14)/t8-,9+,11-/m0/s1. The van der Waals surface area contributed by atoms with Crippen LogP contribution in [0.3, 0.4) is 0 Å². The first-order chi connectivity index (χ1) is 6.90. The number of aliphatic carboxylic acids is 1. The molecule has 0 aromatic carbocycles.